The van der Waals surface area contributed by atoms with Crippen molar-refractivity contribution in [2.75, 3.05) is 45.7 Å². The molecule has 0 atom stereocenters. The Balaban J connectivity index is 2.08. The van der Waals surface area contributed by atoms with Crippen molar-refractivity contribution in [3.63, 3.8) is 0 Å². The number of hydrogen-bond acceptors (Lipinski definition) is 7. The normalized spacial score (nSPS) is 11.1. The first-order valence-electron chi connectivity index (χ1n) is 10.6. The molecule has 1 heterocycles. The standard InChI is InChI=1S/C24H30N2O4S/c1-5-26(6-2)14-15-30-21-18(16-8-10-17(28-4)11-9-16)12-13-19-20(24(27)29-7-3)23(25)31-22(19)21/h8-13H,5-7,14-15,25H2,1-4H3. The second-order valence-corrected chi connectivity index (χ2v) is 8.04. The fraction of sp³-hybridized carbons (Fsp3) is 0.375. The Kier molecular flexibility index (Phi) is 7.76. The van der Waals surface area contributed by atoms with Crippen molar-refractivity contribution in [1.29, 1.82) is 0 Å². The van der Waals surface area contributed by atoms with Crippen LogP contribution >= 0.6 is 11.3 Å². The minimum Gasteiger partial charge on any atom is -0.497 e. The number of carbonyl (C=O) groups excluding carboxylic acids is 1. The number of anilines is 1. The number of ether oxygens (including phenoxy) is 3. The number of esters is 1. The summed E-state index contributed by atoms with van der Waals surface area (Å²) < 4.78 is 17.7. The number of nitrogens with zero attached hydrogens (tertiary/aromatic N) is 1. The molecule has 2 N–H and O–H groups in total. The number of fused-ring (bicyclic) bond motifs is 1. The Labute approximate surface area is 187 Å². The smallest absolute Gasteiger partial charge is 0.341 e. The van der Waals surface area contributed by atoms with Gasteiger partial charge in [-0.2, -0.15) is 0 Å². The van der Waals surface area contributed by atoms with E-state index in [0.717, 1.165) is 52.3 Å². The van der Waals surface area contributed by atoms with Crippen LogP contribution in [0.1, 0.15) is 31.1 Å². The fourth-order valence-corrected chi connectivity index (χ4v) is 4.58. The first kappa shape index (κ1) is 22.9. The SMILES string of the molecule is CCOC(=O)c1c(N)sc2c(OCCN(CC)CC)c(-c3ccc(OC)cc3)ccc12. The van der Waals surface area contributed by atoms with E-state index in [1.165, 1.54) is 11.3 Å². The van der Waals surface area contributed by atoms with Crippen molar-refractivity contribution in [2.24, 2.45) is 0 Å². The maximum Gasteiger partial charge on any atom is 0.341 e. The van der Waals surface area contributed by atoms with Gasteiger partial charge >= 0.3 is 5.97 Å². The van der Waals surface area contributed by atoms with Crippen molar-refractivity contribution >= 4 is 32.4 Å². The van der Waals surface area contributed by atoms with Crippen LogP contribution in [0.3, 0.4) is 0 Å². The summed E-state index contributed by atoms with van der Waals surface area (Å²) in [4.78, 5) is 14.8. The summed E-state index contributed by atoms with van der Waals surface area (Å²) in [6.45, 7) is 9.65. The van der Waals surface area contributed by atoms with Crippen LogP contribution in [0.5, 0.6) is 11.5 Å². The van der Waals surface area contributed by atoms with Crippen LogP contribution in [0.15, 0.2) is 36.4 Å². The van der Waals surface area contributed by atoms with Gasteiger partial charge in [0, 0.05) is 17.5 Å². The summed E-state index contributed by atoms with van der Waals surface area (Å²) in [7, 11) is 1.65. The molecule has 3 rings (SSSR count). The molecule has 0 aliphatic heterocycles. The molecule has 0 amide bonds. The monoisotopic (exact) mass is 442 g/mol. The van der Waals surface area contributed by atoms with E-state index < -0.39 is 5.97 Å². The predicted octanol–water partition coefficient (Wildman–Crippen LogP) is 5.06. The highest BCUT2D eigenvalue weighted by atomic mass is 32.1. The van der Waals surface area contributed by atoms with Crippen molar-refractivity contribution < 1.29 is 19.0 Å². The van der Waals surface area contributed by atoms with Crippen LogP contribution in [-0.2, 0) is 4.74 Å². The van der Waals surface area contributed by atoms with Gasteiger partial charge in [0.25, 0.3) is 0 Å². The molecule has 0 aliphatic rings. The quantitative estimate of drug-likeness (QED) is 0.443. The average molecular weight is 443 g/mol. The summed E-state index contributed by atoms with van der Waals surface area (Å²) in [6, 6.07) is 11.7. The number of benzene rings is 2. The lowest BCUT2D eigenvalue weighted by atomic mass is 10.0. The Bertz CT molecular complexity index is 1030. The Hall–Kier alpha value is -2.77. The van der Waals surface area contributed by atoms with Crippen molar-refractivity contribution in [3.8, 4) is 22.6 Å². The molecule has 0 radical (unpaired) electrons. The van der Waals surface area contributed by atoms with Crippen molar-refractivity contribution in [3.05, 3.63) is 42.0 Å². The van der Waals surface area contributed by atoms with Crippen LogP contribution in [0.4, 0.5) is 5.00 Å². The molecular weight excluding hydrogens is 412 g/mol. The van der Waals surface area contributed by atoms with Gasteiger partial charge in [0.2, 0.25) is 0 Å². The Morgan fingerprint density at radius 1 is 1.06 bits per heavy atom. The van der Waals surface area contributed by atoms with E-state index in [9.17, 15) is 4.79 Å². The zero-order chi connectivity index (χ0) is 22.4. The number of methoxy groups -OCH3 is 1. The van der Waals surface area contributed by atoms with Crippen LogP contribution in [0.2, 0.25) is 0 Å². The van der Waals surface area contributed by atoms with Gasteiger partial charge in [-0.3, -0.25) is 0 Å². The second kappa shape index (κ2) is 10.5. The molecule has 0 saturated heterocycles. The van der Waals surface area contributed by atoms with E-state index in [0.29, 0.717) is 23.8 Å². The maximum absolute atomic E-state index is 12.5. The number of carbonyl (C=O) groups is 1. The van der Waals surface area contributed by atoms with Gasteiger partial charge in [-0.05, 0) is 43.8 Å². The zero-order valence-electron chi connectivity index (χ0n) is 18.6. The molecular formula is C24H30N2O4S. The van der Waals surface area contributed by atoms with Gasteiger partial charge in [0.1, 0.15) is 28.7 Å². The van der Waals surface area contributed by atoms with Gasteiger partial charge < -0.3 is 24.8 Å². The molecule has 7 heteroatoms. The van der Waals surface area contributed by atoms with E-state index in [4.69, 9.17) is 19.9 Å². The third kappa shape index (κ3) is 4.94. The van der Waals surface area contributed by atoms with Crippen LogP contribution in [-0.4, -0.2) is 50.8 Å². The third-order valence-corrected chi connectivity index (χ3v) is 6.30. The molecule has 0 bridgehead atoms. The fourth-order valence-electron chi connectivity index (χ4n) is 3.53. The largest absolute Gasteiger partial charge is 0.497 e. The van der Waals surface area contributed by atoms with E-state index in [2.05, 4.69) is 18.7 Å². The molecule has 3 aromatic rings. The molecule has 1 aromatic heterocycles. The van der Waals surface area contributed by atoms with Crippen molar-refractivity contribution in [2.45, 2.75) is 20.8 Å². The second-order valence-electron chi connectivity index (χ2n) is 6.98. The molecule has 166 valence electrons. The molecule has 0 aliphatic carbocycles. The Morgan fingerprint density at radius 2 is 1.77 bits per heavy atom. The summed E-state index contributed by atoms with van der Waals surface area (Å²) in [5.41, 5.74) is 8.61. The van der Waals surface area contributed by atoms with Gasteiger partial charge in [-0.1, -0.05) is 32.0 Å². The van der Waals surface area contributed by atoms with Crippen LogP contribution in [0.25, 0.3) is 21.2 Å². The number of thiophene rings is 1. The van der Waals surface area contributed by atoms with Gasteiger partial charge in [0.15, 0.2) is 0 Å². The van der Waals surface area contributed by atoms with Gasteiger partial charge in [0.05, 0.1) is 18.4 Å². The lowest BCUT2D eigenvalue weighted by molar-refractivity contribution is 0.0530. The first-order valence-corrected chi connectivity index (χ1v) is 11.4. The molecule has 0 saturated carbocycles. The third-order valence-electron chi connectivity index (χ3n) is 5.27. The molecule has 0 fully saturated rings. The molecule has 6 nitrogen and oxygen atoms in total. The highest BCUT2D eigenvalue weighted by molar-refractivity contribution is 7.23. The first-order chi connectivity index (χ1) is 15.0. The number of nitrogen functional groups attached to an aromatic ring is 1. The summed E-state index contributed by atoms with van der Waals surface area (Å²) in [5.74, 6) is 1.12. The molecule has 0 unspecified atom stereocenters. The lowest BCUT2D eigenvalue weighted by Crippen LogP contribution is -2.28. The summed E-state index contributed by atoms with van der Waals surface area (Å²) in [5, 5.41) is 1.20. The van der Waals surface area contributed by atoms with E-state index >= 15 is 0 Å². The predicted molar refractivity (Wildman–Crippen MR) is 127 cm³/mol. The zero-order valence-corrected chi connectivity index (χ0v) is 19.4. The number of nitrogens with two attached hydrogens (primary N) is 1. The van der Waals surface area contributed by atoms with Gasteiger partial charge in [-0.15, -0.1) is 11.3 Å². The molecule has 2 aromatic carbocycles. The highest BCUT2D eigenvalue weighted by Gasteiger charge is 2.23. The molecule has 31 heavy (non-hydrogen) atoms. The minimum absolute atomic E-state index is 0.298. The van der Waals surface area contributed by atoms with Crippen molar-refractivity contribution in [1.82, 2.24) is 4.90 Å². The van der Waals surface area contributed by atoms with Crippen LogP contribution in [0, 0.1) is 0 Å². The Morgan fingerprint density at radius 3 is 2.39 bits per heavy atom. The summed E-state index contributed by atoms with van der Waals surface area (Å²) >= 11 is 1.36. The number of hydrogen-bond donors (Lipinski definition) is 1. The van der Waals surface area contributed by atoms with Gasteiger partial charge in [-0.25, -0.2) is 4.79 Å². The molecule has 0 spiro atoms. The van der Waals surface area contributed by atoms with Crippen LogP contribution < -0.4 is 15.2 Å². The highest BCUT2D eigenvalue weighted by Crippen LogP contribution is 2.45. The maximum atomic E-state index is 12.5. The lowest BCUT2D eigenvalue weighted by Gasteiger charge is -2.19. The topological polar surface area (TPSA) is 74.0 Å². The van der Waals surface area contributed by atoms with E-state index in [1.807, 2.05) is 36.4 Å². The average Bonchev–Trinajstić information content (AvgIpc) is 3.13. The summed E-state index contributed by atoms with van der Waals surface area (Å²) in [6.07, 6.45) is 0. The van der Waals surface area contributed by atoms with E-state index in [1.54, 1.807) is 14.0 Å². The number of likely N-dealkylation sites (N-methyl/N-ethyl adjacent to an activating group) is 1. The minimum atomic E-state index is -0.405. The number of rotatable bonds is 10. The van der Waals surface area contributed by atoms with E-state index in [-0.39, 0.29) is 0 Å².